The zero-order valence-corrected chi connectivity index (χ0v) is 7.19. The van der Waals surface area contributed by atoms with Crippen molar-refractivity contribution < 1.29 is 33.5 Å². The molecule has 0 bridgehead atoms. The molecule has 0 unspecified atom stereocenters. The van der Waals surface area contributed by atoms with Crippen molar-refractivity contribution in [1.82, 2.24) is 0 Å². The van der Waals surface area contributed by atoms with E-state index in [1.54, 1.807) is 0 Å². The molecule has 0 aliphatic carbocycles. The van der Waals surface area contributed by atoms with Crippen LogP contribution in [0, 0.1) is 0 Å². The predicted molar refractivity (Wildman–Crippen MR) is 40.5 cm³/mol. The van der Waals surface area contributed by atoms with Gasteiger partial charge in [0.25, 0.3) is 0 Å². The van der Waals surface area contributed by atoms with Crippen LogP contribution in [0.25, 0.3) is 0 Å². The van der Waals surface area contributed by atoms with Crippen molar-refractivity contribution in [2.24, 2.45) is 0 Å². The predicted octanol–water partition coefficient (Wildman–Crippen LogP) is -2.26. The van der Waals surface area contributed by atoms with E-state index in [0.717, 1.165) is 0 Å². The maximum absolute atomic E-state index is 12.7. The van der Waals surface area contributed by atoms with Gasteiger partial charge in [0, 0.05) is 0 Å². The molecule has 0 fully saturated rings. The van der Waals surface area contributed by atoms with Gasteiger partial charge in [0.2, 0.25) is 5.85 Å². The van der Waals surface area contributed by atoms with Gasteiger partial charge in [0.15, 0.2) is 0 Å². The minimum atomic E-state index is -5.16. The van der Waals surface area contributed by atoms with Crippen LogP contribution in [0.3, 0.4) is 0 Å². The molecule has 0 aromatic heterocycles. The first-order valence-corrected chi connectivity index (χ1v) is 4.41. The van der Waals surface area contributed by atoms with Crippen molar-refractivity contribution >= 4 is 23.5 Å². The van der Waals surface area contributed by atoms with Gasteiger partial charge in [0.05, 0.1) is 5.40 Å². The summed E-state index contributed by atoms with van der Waals surface area (Å²) in [5.74, 6) is -3.66. The Bertz CT molecular complexity index is 226. The highest BCUT2D eigenvalue weighted by atomic mass is 31.2. The molecule has 0 rings (SSSR count). The molecule has 0 saturated heterocycles. The molecule has 72 valence electrons. The molecule has 0 aliphatic heterocycles. The van der Waals surface area contributed by atoms with Crippen LogP contribution in [0.2, 0.25) is 0 Å². The molecule has 0 aromatic rings. The summed E-state index contributed by atoms with van der Waals surface area (Å²) in [7, 11) is 4.18. The van der Waals surface area contributed by atoms with E-state index in [4.69, 9.17) is 20.0 Å². The molecule has 0 saturated carbocycles. The van der Waals surface area contributed by atoms with Gasteiger partial charge in [-0.15, -0.1) is 0 Å². The molecule has 6 nitrogen and oxygen atoms in total. The lowest BCUT2D eigenvalue weighted by Crippen LogP contribution is -2.56. The molecule has 13 heavy (non-hydrogen) atoms. The standard InChI is InChI=1S/C3H6B2FO6P/c4-3(5,2(6,8)1-7)12-13(9,10)11/h7-8H,1H2,(H2,9,10,11)/t2-/m0/s1. The Balaban J connectivity index is 4.68. The van der Waals surface area contributed by atoms with E-state index in [1.807, 2.05) is 0 Å². The maximum atomic E-state index is 12.7. The van der Waals surface area contributed by atoms with Gasteiger partial charge in [0.1, 0.15) is 22.3 Å². The average molecular weight is 210 g/mol. The SMILES string of the molecule is [B]C([B])(OP(=O)(O)O)[C@](O)(F)CO. The number of halogens is 1. The lowest BCUT2D eigenvalue weighted by Gasteiger charge is -2.35. The number of rotatable bonds is 4. The van der Waals surface area contributed by atoms with Crippen molar-refractivity contribution in [2.45, 2.75) is 11.3 Å². The van der Waals surface area contributed by atoms with Crippen LogP contribution in [-0.4, -0.2) is 53.6 Å². The van der Waals surface area contributed by atoms with E-state index < -0.39 is 25.7 Å². The highest BCUT2D eigenvalue weighted by Crippen LogP contribution is 2.42. The quantitative estimate of drug-likeness (QED) is 0.308. The second-order valence-electron chi connectivity index (χ2n) is 2.29. The van der Waals surface area contributed by atoms with Crippen LogP contribution in [0.1, 0.15) is 0 Å². The fourth-order valence-corrected chi connectivity index (χ4v) is 0.924. The summed E-state index contributed by atoms with van der Waals surface area (Å²) in [6, 6.07) is 0. The molecule has 0 aliphatic rings. The summed E-state index contributed by atoms with van der Waals surface area (Å²) in [6.45, 7) is -1.57. The number of aliphatic hydroxyl groups excluding tert-OH is 1. The Morgan fingerprint density at radius 1 is 1.46 bits per heavy atom. The third-order valence-electron chi connectivity index (χ3n) is 1.08. The van der Waals surface area contributed by atoms with Crippen molar-refractivity contribution in [3.63, 3.8) is 0 Å². The summed E-state index contributed by atoms with van der Waals surface area (Å²) in [6.07, 6.45) is 0. The van der Waals surface area contributed by atoms with E-state index >= 15 is 0 Å². The van der Waals surface area contributed by atoms with Crippen LogP contribution in [0.15, 0.2) is 0 Å². The topological polar surface area (TPSA) is 107 Å². The first-order valence-electron chi connectivity index (χ1n) is 2.88. The van der Waals surface area contributed by atoms with Crippen molar-refractivity contribution in [3.05, 3.63) is 0 Å². The Morgan fingerprint density at radius 3 is 2.08 bits per heavy atom. The van der Waals surface area contributed by atoms with E-state index in [-0.39, 0.29) is 0 Å². The second-order valence-corrected chi connectivity index (χ2v) is 3.46. The fraction of sp³-hybridized carbons (Fsp3) is 1.00. The minimum absolute atomic E-state index is 1.57. The number of aliphatic hydroxyl groups is 2. The minimum Gasteiger partial charge on any atom is -0.390 e. The normalized spacial score (nSPS) is 18.2. The Labute approximate surface area is 75.8 Å². The molecular weight excluding hydrogens is 204 g/mol. The number of phosphoric acid groups is 1. The molecular formula is C3H6B2FO6P. The highest BCUT2D eigenvalue weighted by molar-refractivity contribution is 7.46. The van der Waals surface area contributed by atoms with Crippen LogP contribution in [-0.2, 0) is 9.09 Å². The van der Waals surface area contributed by atoms with E-state index in [1.165, 1.54) is 0 Å². The monoisotopic (exact) mass is 210 g/mol. The van der Waals surface area contributed by atoms with Gasteiger partial charge < -0.3 is 20.0 Å². The average Bonchev–Trinajstić information content (AvgIpc) is 1.81. The summed E-state index contributed by atoms with van der Waals surface area (Å²) in [5, 5.41) is 13.6. The van der Waals surface area contributed by atoms with E-state index in [0.29, 0.717) is 0 Å². The Morgan fingerprint density at radius 2 is 1.85 bits per heavy atom. The van der Waals surface area contributed by atoms with E-state index in [9.17, 15) is 8.96 Å². The molecule has 0 aromatic carbocycles. The van der Waals surface area contributed by atoms with E-state index in [2.05, 4.69) is 20.2 Å². The van der Waals surface area contributed by atoms with Crippen LogP contribution in [0.4, 0.5) is 4.39 Å². The molecule has 0 heterocycles. The molecule has 4 N–H and O–H groups in total. The first-order chi connectivity index (χ1) is 5.52. The molecule has 4 radical (unpaired) electrons. The summed E-state index contributed by atoms with van der Waals surface area (Å²) in [4.78, 5) is 16.4. The number of hydrogen-bond donors (Lipinski definition) is 4. The number of phosphoric ester groups is 1. The number of hydrogen-bond acceptors (Lipinski definition) is 4. The maximum Gasteiger partial charge on any atom is 0.468 e. The zero-order chi connectivity index (χ0) is 10.9. The van der Waals surface area contributed by atoms with Crippen molar-refractivity contribution in [3.8, 4) is 0 Å². The summed E-state index contributed by atoms with van der Waals surface area (Å²) >= 11 is 0. The van der Waals surface area contributed by atoms with Gasteiger partial charge in [-0.2, -0.15) is 0 Å². The fourth-order valence-electron chi connectivity index (χ4n) is 0.390. The van der Waals surface area contributed by atoms with Crippen molar-refractivity contribution in [1.29, 1.82) is 0 Å². The largest absolute Gasteiger partial charge is 0.468 e. The molecule has 10 heteroatoms. The van der Waals surface area contributed by atoms with Gasteiger partial charge in [-0.05, 0) is 0 Å². The Kier molecular flexibility index (Phi) is 3.71. The van der Waals surface area contributed by atoms with Gasteiger partial charge in [-0.1, -0.05) is 0 Å². The molecule has 0 amide bonds. The molecule has 0 spiro atoms. The van der Waals surface area contributed by atoms with Gasteiger partial charge in [-0.25, -0.2) is 8.96 Å². The van der Waals surface area contributed by atoms with Crippen LogP contribution < -0.4 is 0 Å². The van der Waals surface area contributed by atoms with Gasteiger partial charge in [-0.3, -0.25) is 4.52 Å². The first kappa shape index (κ1) is 13.1. The zero-order valence-electron chi connectivity index (χ0n) is 6.29. The Hall–Kier alpha value is 0.0899. The van der Waals surface area contributed by atoms with Gasteiger partial charge >= 0.3 is 7.82 Å². The summed E-state index contributed by atoms with van der Waals surface area (Å²) < 4.78 is 26.4. The smallest absolute Gasteiger partial charge is 0.390 e. The second kappa shape index (κ2) is 3.68. The third kappa shape index (κ3) is 3.76. The van der Waals surface area contributed by atoms with Crippen LogP contribution in [0.5, 0.6) is 0 Å². The lowest BCUT2D eigenvalue weighted by atomic mass is 9.61. The summed E-state index contributed by atoms with van der Waals surface area (Å²) in [5.41, 5.74) is 0. The van der Waals surface area contributed by atoms with Crippen LogP contribution >= 0.6 is 7.82 Å². The van der Waals surface area contributed by atoms with Crippen molar-refractivity contribution in [2.75, 3.05) is 6.61 Å². The lowest BCUT2D eigenvalue weighted by molar-refractivity contribution is -0.178. The third-order valence-corrected chi connectivity index (χ3v) is 1.62. The molecule has 1 atom stereocenters. The highest BCUT2D eigenvalue weighted by Gasteiger charge is 2.47. The number of alkyl halides is 1.